The molecule has 0 radical (unpaired) electrons. The summed E-state index contributed by atoms with van der Waals surface area (Å²) in [4.78, 5) is 44.4. The lowest BCUT2D eigenvalue weighted by molar-refractivity contribution is -0.138. The van der Waals surface area contributed by atoms with Crippen LogP contribution in [0.15, 0.2) is 45.6 Å². The molecular weight excluding hydrogens is 516 g/mol. The van der Waals surface area contributed by atoms with Crippen LogP contribution in [0, 0.1) is 25.2 Å². The van der Waals surface area contributed by atoms with Gasteiger partial charge in [-0.2, -0.15) is 5.10 Å². The first-order chi connectivity index (χ1) is 16.7. The molecule has 3 aromatic heterocycles. The summed E-state index contributed by atoms with van der Waals surface area (Å²) in [6, 6.07) is 6.96. The standard InChI is InChI=1S/C24H23BrN6O4/c1-4-16-14(3)10-18(24(34)28-23-13(2)7-8-20(25)27-23)31(16)21(32)12-30-17(22(26)33)11-15(29-30)19-6-5-9-35-19/h1,5-9,11,14,16,18H,10,12H2,2-3H3,(H2,26,33)(H,27,28,34)/t14-,16+,18-/m0/s1. The van der Waals surface area contributed by atoms with E-state index in [9.17, 15) is 14.4 Å². The minimum absolute atomic E-state index is 0.0317. The Morgan fingerprint density at radius 2 is 2.11 bits per heavy atom. The molecule has 11 heteroatoms. The van der Waals surface area contributed by atoms with Crippen LogP contribution in [-0.2, 0) is 16.1 Å². The van der Waals surface area contributed by atoms with Crippen LogP contribution >= 0.6 is 15.9 Å². The average Bonchev–Trinajstić information content (AvgIpc) is 3.54. The lowest BCUT2D eigenvalue weighted by atomic mass is 10.0. The summed E-state index contributed by atoms with van der Waals surface area (Å²) in [7, 11) is 0. The smallest absolute Gasteiger partial charge is 0.267 e. The van der Waals surface area contributed by atoms with Crippen molar-refractivity contribution in [3.05, 3.63) is 52.5 Å². The van der Waals surface area contributed by atoms with E-state index in [0.29, 0.717) is 28.3 Å². The Labute approximate surface area is 210 Å². The molecule has 3 amide bonds. The van der Waals surface area contributed by atoms with E-state index in [0.717, 1.165) is 5.56 Å². The molecule has 0 spiro atoms. The summed E-state index contributed by atoms with van der Waals surface area (Å²) in [6.07, 6.45) is 7.59. The second-order valence-corrected chi connectivity index (χ2v) is 9.16. The number of anilines is 1. The third-order valence-corrected chi connectivity index (χ3v) is 6.37. The number of primary amides is 1. The predicted molar refractivity (Wildman–Crippen MR) is 131 cm³/mol. The number of nitrogens with two attached hydrogens (primary N) is 1. The molecule has 4 rings (SSSR count). The summed E-state index contributed by atoms with van der Waals surface area (Å²) < 4.78 is 7.10. The zero-order valence-corrected chi connectivity index (χ0v) is 20.7. The Kier molecular flexibility index (Phi) is 6.75. The molecule has 0 aliphatic carbocycles. The van der Waals surface area contributed by atoms with Gasteiger partial charge in [0.15, 0.2) is 5.76 Å². The van der Waals surface area contributed by atoms with Crippen molar-refractivity contribution in [2.24, 2.45) is 11.7 Å². The van der Waals surface area contributed by atoms with Gasteiger partial charge in [0.1, 0.15) is 34.4 Å². The van der Waals surface area contributed by atoms with Crippen LogP contribution in [0.4, 0.5) is 5.82 Å². The predicted octanol–water partition coefficient (Wildman–Crippen LogP) is 2.59. The number of rotatable bonds is 6. The summed E-state index contributed by atoms with van der Waals surface area (Å²) in [6.45, 7) is 3.37. The summed E-state index contributed by atoms with van der Waals surface area (Å²) >= 11 is 3.30. The maximum absolute atomic E-state index is 13.5. The highest BCUT2D eigenvalue weighted by Crippen LogP contribution is 2.31. The maximum Gasteiger partial charge on any atom is 0.267 e. The number of carbonyl (C=O) groups is 3. The van der Waals surface area contributed by atoms with Crippen molar-refractivity contribution in [3.63, 3.8) is 0 Å². The number of aromatic nitrogens is 3. The fourth-order valence-corrected chi connectivity index (χ4v) is 4.50. The van der Waals surface area contributed by atoms with Gasteiger partial charge < -0.3 is 20.4 Å². The number of hydrogen-bond acceptors (Lipinski definition) is 6. The number of furan rings is 1. The minimum Gasteiger partial charge on any atom is -0.463 e. The van der Waals surface area contributed by atoms with Crippen molar-refractivity contribution in [2.75, 3.05) is 5.32 Å². The SMILES string of the molecule is C#C[C@@H]1[C@@H](C)C[C@@H](C(=O)Nc2nc(Br)ccc2C)N1C(=O)Cn1nc(-c2ccco2)cc1C(N)=O. The first kappa shape index (κ1) is 24.2. The second kappa shape index (κ2) is 9.76. The molecule has 35 heavy (non-hydrogen) atoms. The van der Waals surface area contributed by atoms with Crippen molar-refractivity contribution < 1.29 is 18.8 Å². The molecule has 0 saturated carbocycles. The fraction of sp³-hybridized carbons (Fsp3) is 0.292. The molecule has 3 aromatic rings. The zero-order chi connectivity index (χ0) is 25.3. The first-order valence-corrected chi connectivity index (χ1v) is 11.6. The van der Waals surface area contributed by atoms with E-state index in [4.69, 9.17) is 16.6 Å². The molecule has 0 unspecified atom stereocenters. The van der Waals surface area contributed by atoms with Gasteiger partial charge in [-0.3, -0.25) is 14.4 Å². The number of nitrogens with one attached hydrogen (secondary N) is 1. The molecule has 4 heterocycles. The first-order valence-electron chi connectivity index (χ1n) is 10.8. The van der Waals surface area contributed by atoms with Crippen molar-refractivity contribution in [2.45, 2.75) is 38.9 Å². The van der Waals surface area contributed by atoms with Gasteiger partial charge in [0.2, 0.25) is 11.8 Å². The molecular formula is C24H23BrN6O4. The van der Waals surface area contributed by atoms with E-state index in [-0.39, 0.29) is 18.2 Å². The highest BCUT2D eigenvalue weighted by Gasteiger charge is 2.44. The highest BCUT2D eigenvalue weighted by atomic mass is 79.9. The number of hydrogen-bond donors (Lipinski definition) is 2. The van der Waals surface area contributed by atoms with E-state index in [1.54, 1.807) is 18.2 Å². The Morgan fingerprint density at radius 3 is 2.77 bits per heavy atom. The van der Waals surface area contributed by atoms with Crippen LogP contribution in [0.5, 0.6) is 0 Å². The topological polar surface area (TPSA) is 136 Å². The molecule has 1 saturated heterocycles. The largest absolute Gasteiger partial charge is 0.463 e. The van der Waals surface area contributed by atoms with Gasteiger partial charge in [0, 0.05) is 6.07 Å². The molecule has 1 fully saturated rings. The lowest BCUT2D eigenvalue weighted by Crippen LogP contribution is -2.48. The molecule has 3 N–H and O–H groups in total. The number of halogens is 1. The number of nitrogens with zero attached hydrogens (tertiary/aromatic N) is 4. The fourth-order valence-electron chi connectivity index (χ4n) is 4.19. The summed E-state index contributed by atoms with van der Waals surface area (Å²) in [5.74, 6) is 1.70. The minimum atomic E-state index is -0.823. The number of pyridine rings is 1. The Bertz CT molecular complexity index is 1330. The van der Waals surface area contributed by atoms with Gasteiger partial charge in [-0.25, -0.2) is 9.67 Å². The number of aryl methyl sites for hydroxylation is 1. The molecule has 0 bridgehead atoms. The van der Waals surface area contributed by atoms with Crippen molar-refractivity contribution in [1.29, 1.82) is 0 Å². The van der Waals surface area contributed by atoms with E-state index in [1.165, 1.54) is 21.9 Å². The lowest BCUT2D eigenvalue weighted by Gasteiger charge is -2.28. The summed E-state index contributed by atoms with van der Waals surface area (Å²) in [5, 5.41) is 7.13. The molecule has 1 aliphatic heterocycles. The van der Waals surface area contributed by atoms with Crippen molar-refractivity contribution in [3.8, 4) is 23.8 Å². The normalized spacial score (nSPS) is 19.4. The Hall–Kier alpha value is -3.91. The van der Waals surface area contributed by atoms with Crippen LogP contribution in [0.2, 0.25) is 0 Å². The molecule has 10 nitrogen and oxygen atoms in total. The van der Waals surface area contributed by atoms with E-state index in [1.807, 2.05) is 19.9 Å². The van der Waals surface area contributed by atoms with Crippen molar-refractivity contribution >= 4 is 39.5 Å². The zero-order valence-electron chi connectivity index (χ0n) is 19.1. The Morgan fingerprint density at radius 1 is 1.34 bits per heavy atom. The van der Waals surface area contributed by atoms with E-state index < -0.39 is 29.8 Å². The van der Waals surface area contributed by atoms with Crippen LogP contribution in [0.3, 0.4) is 0 Å². The molecule has 180 valence electrons. The van der Waals surface area contributed by atoms with Crippen molar-refractivity contribution in [1.82, 2.24) is 19.7 Å². The van der Waals surface area contributed by atoms with Gasteiger partial charge in [-0.1, -0.05) is 18.9 Å². The second-order valence-electron chi connectivity index (χ2n) is 8.34. The average molecular weight is 539 g/mol. The maximum atomic E-state index is 13.5. The summed E-state index contributed by atoms with van der Waals surface area (Å²) in [5.41, 5.74) is 6.67. The molecule has 0 aromatic carbocycles. The van der Waals surface area contributed by atoms with Crippen LogP contribution < -0.4 is 11.1 Å². The molecule has 1 aliphatic rings. The third-order valence-electron chi connectivity index (χ3n) is 5.93. The monoisotopic (exact) mass is 538 g/mol. The van der Waals surface area contributed by atoms with Gasteiger partial charge in [-0.05, 0) is 59.0 Å². The van der Waals surface area contributed by atoms with Gasteiger partial charge >= 0.3 is 0 Å². The number of amides is 3. The third kappa shape index (κ3) is 4.83. The quantitative estimate of drug-likeness (QED) is 0.365. The van der Waals surface area contributed by atoms with Gasteiger partial charge in [0.25, 0.3) is 5.91 Å². The van der Waals surface area contributed by atoms with Gasteiger partial charge in [-0.15, -0.1) is 6.42 Å². The molecule has 3 atom stereocenters. The number of carbonyl (C=O) groups excluding carboxylic acids is 3. The van der Waals surface area contributed by atoms with E-state index in [2.05, 4.69) is 37.2 Å². The Balaban J connectivity index is 1.61. The van der Waals surface area contributed by atoms with Gasteiger partial charge in [0.05, 0.1) is 12.3 Å². The number of likely N-dealkylation sites (tertiary alicyclic amines) is 1. The van der Waals surface area contributed by atoms with Crippen LogP contribution in [0.25, 0.3) is 11.5 Å². The highest BCUT2D eigenvalue weighted by molar-refractivity contribution is 9.10. The van der Waals surface area contributed by atoms with E-state index >= 15 is 0 Å². The number of terminal acetylenes is 1. The van der Waals surface area contributed by atoms with Crippen LogP contribution in [0.1, 0.15) is 29.4 Å². The van der Waals surface area contributed by atoms with Crippen LogP contribution in [-0.4, -0.2) is 49.5 Å².